The van der Waals surface area contributed by atoms with Gasteiger partial charge in [0.25, 0.3) is 0 Å². The van der Waals surface area contributed by atoms with E-state index in [0.29, 0.717) is 6.61 Å². The lowest BCUT2D eigenvalue weighted by Gasteiger charge is -2.25. The third-order valence-electron chi connectivity index (χ3n) is 3.37. The van der Waals surface area contributed by atoms with Crippen molar-refractivity contribution in [2.24, 2.45) is 0 Å². The molecule has 0 atom stereocenters. The average molecular weight is 250 g/mol. The predicted molar refractivity (Wildman–Crippen MR) is 71.0 cm³/mol. The number of aliphatic hydroxyl groups excluding tert-OH is 1. The maximum absolute atomic E-state index is 9.41. The molecule has 0 spiro atoms. The van der Waals surface area contributed by atoms with Gasteiger partial charge in [-0.05, 0) is 38.7 Å². The molecule has 0 radical (unpaired) electrons. The summed E-state index contributed by atoms with van der Waals surface area (Å²) in [4.78, 5) is 0. The Balaban J connectivity index is 2.16. The minimum atomic E-state index is -0.0109. The number of rotatable bonds is 5. The standard InChI is InChI=1S/C15H22O3/c1-2-17-14-10-6-7-12(11-16)15(14)18-13-8-4-3-5-9-13/h6-7,10,13,16H,2-5,8-9,11H2,1H3. The van der Waals surface area contributed by atoms with Crippen LogP contribution in [0.25, 0.3) is 0 Å². The van der Waals surface area contributed by atoms with Gasteiger partial charge in [-0.3, -0.25) is 0 Å². The first-order chi connectivity index (χ1) is 8.85. The molecule has 0 aliphatic heterocycles. The van der Waals surface area contributed by atoms with Crippen molar-refractivity contribution in [3.8, 4) is 11.5 Å². The fourth-order valence-corrected chi connectivity index (χ4v) is 2.44. The largest absolute Gasteiger partial charge is 0.490 e. The van der Waals surface area contributed by atoms with Gasteiger partial charge in [-0.15, -0.1) is 0 Å². The van der Waals surface area contributed by atoms with Gasteiger partial charge in [-0.1, -0.05) is 18.6 Å². The number of hydrogen-bond donors (Lipinski definition) is 1. The fraction of sp³-hybridized carbons (Fsp3) is 0.600. The van der Waals surface area contributed by atoms with E-state index in [1.54, 1.807) is 0 Å². The first-order valence-electron chi connectivity index (χ1n) is 6.87. The van der Waals surface area contributed by atoms with Gasteiger partial charge in [0.05, 0.1) is 19.3 Å². The van der Waals surface area contributed by atoms with E-state index < -0.39 is 0 Å². The lowest BCUT2D eigenvalue weighted by atomic mass is 9.97. The molecular formula is C15H22O3. The summed E-state index contributed by atoms with van der Waals surface area (Å²) in [6.45, 7) is 2.55. The highest BCUT2D eigenvalue weighted by Crippen LogP contribution is 2.34. The van der Waals surface area contributed by atoms with Crippen LogP contribution in [0.5, 0.6) is 11.5 Å². The van der Waals surface area contributed by atoms with Crippen molar-refractivity contribution in [1.82, 2.24) is 0 Å². The Hall–Kier alpha value is -1.22. The molecule has 1 aliphatic rings. The molecule has 18 heavy (non-hydrogen) atoms. The van der Waals surface area contributed by atoms with Crippen molar-refractivity contribution in [2.45, 2.75) is 51.7 Å². The minimum absolute atomic E-state index is 0.0109. The molecule has 0 saturated heterocycles. The molecular weight excluding hydrogens is 228 g/mol. The summed E-state index contributed by atoms with van der Waals surface area (Å²) in [5.41, 5.74) is 0.812. The van der Waals surface area contributed by atoms with Crippen LogP contribution >= 0.6 is 0 Å². The molecule has 0 unspecified atom stereocenters. The molecule has 2 rings (SSSR count). The maximum Gasteiger partial charge on any atom is 0.167 e. The van der Waals surface area contributed by atoms with E-state index in [2.05, 4.69) is 0 Å². The summed E-state index contributed by atoms with van der Waals surface area (Å²) in [6.07, 6.45) is 6.24. The SMILES string of the molecule is CCOc1cccc(CO)c1OC1CCCCC1. The summed E-state index contributed by atoms with van der Waals surface area (Å²) >= 11 is 0. The topological polar surface area (TPSA) is 38.7 Å². The third kappa shape index (κ3) is 3.16. The van der Waals surface area contributed by atoms with Crippen LogP contribution < -0.4 is 9.47 Å². The Bertz CT molecular complexity index is 370. The number of ether oxygens (including phenoxy) is 2. The smallest absolute Gasteiger partial charge is 0.167 e. The van der Waals surface area contributed by atoms with Crippen LogP contribution in [0, 0.1) is 0 Å². The van der Waals surface area contributed by atoms with E-state index in [0.717, 1.165) is 29.9 Å². The first kappa shape index (κ1) is 13.2. The van der Waals surface area contributed by atoms with Gasteiger partial charge in [-0.25, -0.2) is 0 Å². The molecule has 1 aromatic rings. The van der Waals surface area contributed by atoms with Crippen molar-refractivity contribution in [3.63, 3.8) is 0 Å². The summed E-state index contributed by atoms with van der Waals surface area (Å²) in [5, 5.41) is 9.41. The normalized spacial score (nSPS) is 16.6. The number of para-hydroxylation sites is 1. The molecule has 0 aromatic heterocycles. The predicted octanol–water partition coefficient (Wildman–Crippen LogP) is 3.29. The Labute approximate surface area is 109 Å². The zero-order chi connectivity index (χ0) is 12.8. The molecule has 1 aromatic carbocycles. The maximum atomic E-state index is 9.41. The van der Waals surface area contributed by atoms with Crippen LogP contribution in [0.3, 0.4) is 0 Å². The highest BCUT2D eigenvalue weighted by molar-refractivity contribution is 5.46. The minimum Gasteiger partial charge on any atom is -0.490 e. The first-order valence-corrected chi connectivity index (χ1v) is 6.87. The van der Waals surface area contributed by atoms with Crippen molar-refractivity contribution >= 4 is 0 Å². The van der Waals surface area contributed by atoms with Gasteiger partial charge < -0.3 is 14.6 Å². The fourth-order valence-electron chi connectivity index (χ4n) is 2.44. The molecule has 1 N–H and O–H groups in total. The van der Waals surface area contributed by atoms with Gasteiger partial charge in [0, 0.05) is 5.56 Å². The Kier molecular flexibility index (Phi) is 4.88. The van der Waals surface area contributed by atoms with Crippen LogP contribution in [-0.4, -0.2) is 17.8 Å². The molecule has 3 nitrogen and oxygen atoms in total. The molecule has 1 fully saturated rings. The van der Waals surface area contributed by atoms with Crippen LogP contribution in [-0.2, 0) is 6.61 Å². The lowest BCUT2D eigenvalue weighted by molar-refractivity contribution is 0.142. The lowest BCUT2D eigenvalue weighted by Crippen LogP contribution is -2.20. The summed E-state index contributed by atoms with van der Waals surface area (Å²) in [6, 6.07) is 5.69. The Morgan fingerprint density at radius 1 is 1.22 bits per heavy atom. The van der Waals surface area contributed by atoms with Crippen LogP contribution in [0.15, 0.2) is 18.2 Å². The number of benzene rings is 1. The highest BCUT2D eigenvalue weighted by Gasteiger charge is 2.19. The molecule has 0 amide bonds. The Morgan fingerprint density at radius 3 is 2.67 bits per heavy atom. The molecule has 0 bridgehead atoms. The zero-order valence-electron chi connectivity index (χ0n) is 11.0. The van der Waals surface area contributed by atoms with Gasteiger partial charge in [0.15, 0.2) is 11.5 Å². The van der Waals surface area contributed by atoms with E-state index in [1.807, 2.05) is 25.1 Å². The van der Waals surface area contributed by atoms with Crippen molar-refractivity contribution in [1.29, 1.82) is 0 Å². The zero-order valence-corrected chi connectivity index (χ0v) is 11.0. The summed E-state index contributed by atoms with van der Waals surface area (Å²) in [7, 11) is 0. The van der Waals surface area contributed by atoms with E-state index in [4.69, 9.17) is 9.47 Å². The van der Waals surface area contributed by atoms with Crippen molar-refractivity contribution in [3.05, 3.63) is 23.8 Å². The third-order valence-corrected chi connectivity index (χ3v) is 3.37. The molecule has 3 heteroatoms. The second kappa shape index (κ2) is 6.64. The number of hydrogen-bond acceptors (Lipinski definition) is 3. The molecule has 1 saturated carbocycles. The van der Waals surface area contributed by atoms with Crippen LogP contribution in [0.2, 0.25) is 0 Å². The van der Waals surface area contributed by atoms with Crippen LogP contribution in [0.4, 0.5) is 0 Å². The van der Waals surface area contributed by atoms with Crippen molar-refractivity contribution in [2.75, 3.05) is 6.61 Å². The second-order valence-electron chi connectivity index (χ2n) is 4.71. The van der Waals surface area contributed by atoms with Gasteiger partial charge in [0.1, 0.15) is 0 Å². The molecule has 100 valence electrons. The monoisotopic (exact) mass is 250 g/mol. The van der Waals surface area contributed by atoms with E-state index in [1.165, 1.54) is 19.3 Å². The van der Waals surface area contributed by atoms with Gasteiger partial charge in [-0.2, -0.15) is 0 Å². The molecule has 0 heterocycles. The summed E-state index contributed by atoms with van der Waals surface area (Å²) < 4.78 is 11.7. The van der Waals surface area contributed by atoms with E-state index in [9.17, 15) is 5.11 Å². The number of aliphatic hydroxyl groups is 1. The van der Waals surface area contributed by atoms with Gasteiger partial charge in [0.2, 0.25) is 0 Å². The van der Waals surface area contributed by atoms with E-state index >= 15 is 0 Å². The average Bonchev–Trinajstić information content (AvgIpc) is 2.42. The van der Waals surface area contributed by atoms with Gasteiger partial charge >= 0.3 is 0 Å². The highest BCUT2D eigenvalue weighted by atomic mass is 16.5. The van der Waals surface area contributed by atoms with Crippen molar-refractivity contribution < 1.29 is 14.6 Å². The van der Waals surface area contributed by atoms with Crippen LogP contribution in [0.1, 0.15) is 44.6 Å². The summed E-state index contributed by atoms with van der Waals surface area (Å²) in [5.74, 6) is 1.48. The Morgan fingerprint density at radius 2 is 2.00 bits per heavy atom. The van der Waals surface area contributed by atoms with E-state index in [-0.39, 0.29) is 12.7 Å². The quantitative estimate of drug-likeness (QED) is 0.871. The molecule has 1 aliphatic carbocycles. The second-order valence-corrected chi connectivity index (χ2v) is 4.71.